The number of ether oxygens (including phenoxy) is 1. The van der Waals surface area contributed by atoms with Crippen LogP contribution in [0, 0.1) is 13.8 Å². The quantitative estimate of drug-likeness (QED) is 0.757. The van der Waals surface area contributed by atoms with E-state index in [9.17, 15) is 9.59 Å². The fourth-order valence-electron chi connectivity index (χ4n) is 3.29. The number of nitrogens with one attached hydrogen (secondary N) is 2. The third-order valence-electron chi connectivity index (χ3n) is 4.51. The van der Waals surface area contributed by atoms with Gasteiger partial charge in [0.2, 0.25) is 0 Å². The van der Waals surface area contributed by atoms with Gasteiger partial charge in [-0.05, 0) is 51.5 Å². The molecule has 3 rings (SSSR count). The molecule has 0 aliphatic carbocycles. The number of anilines is 1. The molecule has 2 N–H and O–H groups in total. The molecule has 2 aromatic rings. The van der Waals surface area contributed by atoms with E-state index in [1.165, 1.54) is 0 Å². The van der Waals surface area contributed by atoms with Gasteiger partial charge in [0, 0.05) is 11.3 Å². The van der Waals surface area contributed by atoms with E-state index in [1.807, 2.05) is 51.1 Å². The lowest BCUT2D eigenvalue weighted by molar-refractivity contribution is -0.137. The summed E-state index contributed by atoms with van der Waals surface area (Å²) in [6.07, 6.45) is 0.543. The molecule has 2 aromatic carbocycles. The number of hydrogen-bond acceptors (Lipinski definition) is 5. The first kappa shape index (κ1) is 20.3. The van der Waals surface area contributed by atoms with Crippen molar-refractivity contribution in [2.45, 2.75) is 34.1 Å². The van der Waals surface area contributed by atoms with Crippen molar-refractivity contribution < 1.29 is 14.3 Å². The molecular formula is C23H25N3O3. The summed E-state index contributed by atoms with van der Waals surface area (Å²) < 4.78 is 5.25. The Morgan fingerprint density at radius 2 is 1.76 bits per heavy atom. The lowest BCUT2D eigenvalue weighted by Crippen LogP contribution is -2.35. The van der Waals surface area contributed by atoms with Crippen molar-refractivity contribution in [3.8, 4) is 0 Å². The fourth-order valence-corrected chi connectivity index (χ4v) is 3.29. The summed E-state index contributed by atoms with van der Waals surface area (Å²) in [7, 11) is 0. The third-order valence-corrected chi connectivity index (χ3v) is 4.51. The second kappa shape index (κ2) is 8.73. The van der Waals surface area contributed by atoms with Crippen LogP contribution in [0.1, 0.15) is 41.8 Å². The normalized spacial score (nSPS) is 13.0. The minimum absolute atomic E-state index is 0.182. The Kier molecular flexibility index (Phi) is 6.12. The van der Waals surface area contributed by atoms with E-state index in [2.05, 4.69) is 15.6 Å². The highest BCUT2D eigenvalue weighted by molar-refractivity contribution is 6.25. The van der Waals surface area contributed by atoms with Crippen molar-refractivity contribution in [3.05, 3.63) is 70.4 Å². The maximum atomic E-state index is 13.0. The predicted octanol–water partition coefficient (Wildman–Crippen LogP) is 4.42. The molecular weight excluding hydrogens is 366 g/mol. The van der Waals surface area contributed by atoms with Crippen LogP contribution in [-0.2, 0) is 9.53 Å². The fraction of sp³-hybridized carbons (Fsp3) is 0.261. The minimum atomic E-state index is -0.524. The molecule has 6 heteroatoms. The van der Waals surface area contributed by atoms with Gasteiger partial charge in [-0.15, -0.1) is 0 Å². The average Bonchev–Trinajstić information content (AvgIpc) is 2.83. The summed E-state index contributed by atoms with van der Waals surface area (Å²) in [4.78, 5) is 30.3. The number of esters is 1. The van der Waals surface area contributed by atoms with Gasteiger partial charge >= 0.3 is 5.97 Å². The number of carbonyl (C=O) groups excluding carboxylic acids is 2. The Bertz CT molecular complexity index is 1000. The van der Waals surface area contributed by atoms with Crippen LogP contribution >= 0.6 is 0 Å². The lowest BCUT2D eigenvalue weighted by atomic mass is 10.1. The molecule has 1 amide bonds. The Morgan fingerprint density at radius 1 is 1.07 bits per heavy atom. The van der Waals surface area contributed by atoms with E-state index < -0.39 is 5.97 Å². The molecule has 0 aromatic heterocycles. The molecule has 0 saturated heterocycles. The molecule has 0 spiro atoms. The first-order valence-electron chi connectivity index (χ1n) is 9.68. The van der Waals surface area contributed by atoms with Crippen LogP contribution in [0.2, 0.25) is 0 Å². The van der Waals surface area contributed by atoms with E-state index in [1.54, 1.807) is 19.1 Å². The zero-order chi connectivity index (χ0) is 21.0. The average molecular weight is 391 g/mol. The summed E-state index contributed by atoms with van der Waals surface area (Å²) in [6.45, 7) is 7.77. The maximum absolute atomic E-state index is 13.0. The van der Waals surface area contributed by atoms with Crippen LogP contribution < -0.4 is 10.6 Å². The molecule has 0 fully saturated rings. The summed E-state index contributed by atoms with van der Waals surface area (Å²) in [5.74, 6) is -0.668. The SMILES string of the molecule is CCOC(=O)C1=C(CC)Nc2ccccc2N=C1NC(=O)c1cc(C)cc(C)c1. The highest BCUT2D eigenvalue weighted by Gasteiger charge is 2.27. The van der Waals surface area contributed by atoms with Gasteiger partial charge in [-0.1, -0.05) is 36.2 Å². The van der Waals surface area contributed by atoms with Crippen LogP contribution in [0.3, 0.4) is 0 Å². The standard InChI is InChI=1S/C23H25N3O3/c1-5-17-20(23(28)29-6-2)21(25-19-10-8-7-9-18(19)24-17)26-22(27)16-12-14(3)11-15(4)13-16/h7-13,24H,5-6H2,1-4H3,(H,25,26,27). The van der Waals surface area contributed by atoms with Gasteiger partial charge < -0.3 is 15.4 Å². The van der Waals surface area contributed by atoms with Gasteiger partial charge in [-0.2, -0.15) is 0 Å². The number of benzene rings is 2. The molecule has 0 unspecified atom stereocenters. The van der Waals surface area contributed by atoms with Gasteiger partial charge in [0.1, 0.15) is 11.4 Å². The number of rotatable bonds is 4. The van der Waals surface area contributed by atoms with Crippen molar-refractivity contribution in [1.82, 2.24) is 5.32 Å². The van der Waals surface area contributed by atoms with Crippen molar-refractivity contribution in [3.63, 3.8) is 0 Å². The van der Waals surface area contributed by atoms with Crippen LogP contribution in [0.25, 0.3) is 0 Å². The Hall–Kier alpha value is -3.41. The molecule has 0 atom stereocenters. The molecule has 1 aliphatic rings. The minimum Gasteiger partial charge on any atom is -0.462 e. The highest BCUT2D eigenvalue weighted by Crippen LogP contribution is 2.31. The van der Waals surface area contributed by atoms with Gasteiger partial charge in [-0.3, -0.25) is 4.79 Å². The van der Waals surface area contributed by atoms with Crippen molar-refractivity contribution in [2.24, 2.45) is 4.99 Å². The van der Waals surface area contributed by atoms with E-state index in [0.717, 1.165) is 16.8 Å². The Labute approximate surface area is 170 Å². The number of allylic oxidation sites excluding steroid dienone is 1. The Balaban J connectivity index is 2.08. The first-order valence-corrected chi connectivity index (χ1v) is 9.68. The van der Waals surface area contributed by atoms with Gasteiger partial charge in [-0.25, -0.2) is 9.79 Å². The highest BCUT2D eigenvalue weighted by atomic mass is 16.5. The van der Waals surface area contributed by atoms with Gasteiger partial charge in [0.25, 0.3) is 5.91 Å². The van der Waals surface area contributed by atoms with Crippen LogP contribution in [0.4, 0.5) is 11.4 Å². The van der Waals surface area contributed by atoms with Crippen molar-refractivity contribution in [2.75, 3.05) is 11.9 Å². The number of amidine groups is 1. The largest absolute Gasteiger partial charge is 0.462 e. The molecule has 1 aliphatic heterocycles. The zero-order valence-corrected chi connectivity index (χ0v) is 17.1. The number of para-hydroxylation sites is 2. The summed E-state index contributed by atoms with van der Waals surface area (Å²) >= 11 is 0. The smallest absolute Gasteiger partial charge is 0.343 e. The summed E-state index contributed by atoms with van der Waals surface area (Å²) in [6, 6.07) is 13.1. The van der Waals surface area contributed by atoms with Crippen LogP contribution in [-0.4, -0.2) is 24.3 Å². The molecule has 1 heterocycles. The second-order valence-corrected chi connectivity index (χ2v) is 6.86. The summed E-state index contributed by atoms with van der Waals surface area (Å²) in [5, 5.41) is 6.11. The number of fused-ring (bicyclic) bond motifs is 1. The van der Waals surface area contributed by atoms with Crippen LogP contribution in [0.5, 0.6) is 0 Å². The van der Waals surface area contributed by atoms with E-state index in [4.69, 9.17) is 4.74 Å². The number of carbonyl (C=O) groups is 2. The molecule has 6 nitrogen and oxygen atoms in total. The molecule has 0 radical (unpaired) electrons. The first-order chi connectivity index (χ1) is 13.9. The second-order valence-electron chi connectivity index (χ2n) is 6.86. The number of amides is 1. The monoisotopic (exact) mass is 391 g/mol. The molecule has 150 valence electrons. The van der Waals surface area contributed by atoms with E-state index in [0.29, 0.717) is 23.4 Å². The van der Waals surface area contributed by atoms with Gasteiger partial charge in [0.15, 0.2) is 0 Å². The Morgan fingerprint density at radius 3 is 2.41 bits per heavy atom. The molecule has 29 heavy (non-hydrogen) atoms. The molecule has 0 bridgehead atoms. The third kappa shape index (κ3) is 4.54. The number of nitrogens with zero attached hydrogens (tertiary/aromatic N) is 1. The van der Waals surface area contributed by atoms with E-state index in [-0.39, 0.29) is 23.9 Å². The van der Waals surface area contributed by atoms with Crippen molar-refractivity contribution >= 4 is 29.1 Å². The van der Waals surface area contributed by atoms with Gasteiger partial charge in [0.05, 0.1) is 18.0 Å². The molecule has 0 saturated carbocycles. The topological polar surface area (TPSA) is 79.8 Å². The number of aliphatic imine (C=N–C) groups is 1. The zero-order valence-electron chi connectivity index (χ0n) is 17.1. The van der Waals surface area contributed by atoms with Crippen LogP contribution in [0.15, 0.2) is 58.7 Å². The van der Waals surface area contributed by atoms with Crippen molar-refractivity contribution in [1.29, 1.82) is 0 Å². The van der Waals surface area contributed by atoms with E-state index >= 15 is 0 Å². The number of hydrogen-bond donors (Lipinski definition) is 2. The predicted molar refractivity (Wildman–Crippen MR) is 114 cm³/mol. The summed E-state index contributed by atoms with van der Waals surface area (Å²) in [5.41, 5.74) is 4.77. The lowest BCUT2D eigenvalue weighted by Gasteiger charge is -2.15. The maximum Gasteiger partial charge on any atom is 0.343 e. The number of aryl methyl sites for hydroxylation is 2.